The van der Waals surface area contributed by atoms with E-state index < -0.39 is 0 Å². The fraction of sp³-hybridized carbons (Fsp3) is 0.571. The summed E-state index contributed by atoms with van der Waals surface area (Å²) in [7, 11) is 2.07. The first kappa shape index (κ1) is 15.6. The van der Waals surface area contributed by atoms with Gasteiger partial charge in [0.1, 0.15) is 5.82 Å². The van der Waals surface area contributed by atoms with Gasteiger partial charge in [-0.2, -0.15) is 0 Å². The average molecular weight is 317 g/mol. The molecule has 1 rings (SSSR count). The second-order valence-electron chi connectivity index (χ2n) is 5.65. The first-order chi connectivity index (χ1) is 8.28. The molecule has 0 atom stereocenters. The third-order valence-electron chi connectivity index (χ3n) is 2.60. The van der Waals surface area contributed by atoms with Crippen LogP contribution in [-0.4, -0.2) is 30.6 Å². The molecule has 1 N–H and O–H groups in total. The van der Waals surface area contributed by atoms with Crippen LogP contribution in [-0.2, 0) is 6.54 Å². The standard InChI is InChI=1S/C14H22BrFN2/c1-14(2,3)17-7-8-18(4)10-11-5-6-12(16)9-13(11)15/h5-6,9,17H,7-8,10H2,1-4H3. The summed E-state index contributed by atoms with van der Waals surface area (Å²) < 4.78 is 13.8. The van der Waals surface area contributed by atoms with Crippen LogP contribution >= 0.6 is 15.9 Å². The Morgan fingerprint density at radius 1 is 1.33 bits per heavy atom. The van der Waals surface area contributed by atoms with Crippen LogP contribution in [0.4, 0.5) is 4.39 Å². The van der Waals surface area contributed by atoms with Crippen molar-refractivity contribution in [2.75, 3.05) is 20.1 Å². The Balaban J connectivity index is 2.42. The second kappa shape index (κ2) is 6.64. The third kappa shape index (κ3) is 5.94. The number of benzene rings is 1. The van der Waals surface area contributed by atoms with Crippen LogP contribution in [0, 0.1) is 5.82 Å². The summed E-state index contributed by atoms with van der Waals surface area (Å²) in [6.45, 7) is 9.18. The van der Waals surface area contributed by atoms with E-state index in [0.29, 0.717) is 0 Å². The van der Waals surface area contributed by atoms with Crippen LogP contribution in [0.2, 0.25) is 0 Å². The molecular formula is C14H22BrFN2. The summed E-state index contributed by atoms with van der Waals surface area (Å²) in [5.41, 5.74) is 1.26. The van der Waals surface area contributed by atoms with Gasteiger partial charge in [-0.3, -0.25) is 0 Å². The first-order valence-electron chi connectivity index (χ1n) is 6.15. The van der Waals surface area contributed by atoms with E-state index >= 15 is 0 Å². The molecule has 0 amide bonds. The molecule has 2 nitrogen and oxygen atoms in total. The molecule has 4 heteroatoms. The summed E-state index contributed by atoms with van der Waals surface area (Å²) in [5, 5.41) is 3.45. The third-order valence-corrected chi connectivity index (χ3v) is 3.34. The van der Waals surface area contributed by atoms with Crippen LogP contribution in [0.5, 0.6) is 0 Å². The van der Waals surface area contributed by atoms with Crippen LogP contribution in [0.25, 0.3) is 0 Å². The number of hydrogen-bond acceptors (Lipinski definition) is 2. The molecule has 102 valence electrons. The Morgan fingerprint density at radius 2 is 2.00 bits per heavy atom. The summed E-state index contributed by atoms with van der Waals surface area (Å²) in [6, 6.07) is 4.84. The van der Waals surface area contributed by atoms with Crippen LogP contribution in [0.15, 0.2) is 22.7 Å². The van der Waals surface area contributed by atoms with Crippen LogP contribution in [0.1, 0.15) is 26.3 Å². The van der Waals surface area contributed by atoms with Gasteiger partial charge < -0.3 is 10.2 Å². The quantitative estimate of drug-likeness (QED) is 0.895. The first-order valence-corrected chi connectivity index (χ1v) is 6.95. The van der Waals surface area contributed by atoms with Crippen LogP contribution < -0.4 is 5.32 Å². The molecule has 1 aromatic rings. The molecule has 1 aromatic carbocycles. The predicted octanol–water partition coefficient (Wildman–Crippen LogP) is 3.41. The molecule has 0 aliphatic rings. The summed E-state index contributed by atoms with van der Waals surface area (Å²) >= 11 is 3.39. The lowest BCUT2D eigenvalue weighted by atomic mass is 10.1. The van der Waals surface area contributed by atoms with E-state index in [9.17, 15) is 4.39 Å². The van der Waals surface area contributed by atoms with Crippen molar-refractivity contribution in [2.45, 2.75) is 32.9 Å². The predicted molar refractivity (Wildman–Crippen MR) is 78.2 cm³/mol. The summed E-state index contributed by atoms with van der Waals surface area (Å²) in [4.78, 5) is 2.22. The summed E-state index contributed by atoms with van der Waals surface area (Å²) in [5.74, 6) is -0.206. The molecule has 0 saturated carbocycles. The molecule has 0 spiro atoms. The number of likely N-dealkylation sites (N-methyl/N-ethyl adjacent to an activating group) is 1. The SMILES string of the molecule is CN(CCNC(C)(C)C)Cc1ccc(F)cc1Br. The highest BCUT2D eigenvalue weighted by atomic mass is 79.9. The van der Waals surface area contributed by atoms with Gasteiger partial charge in [0.2, 0.25) is 0 Å². The molecule has 0 radical (unpaired) electrons. The maximum Gasteiger partial charge on any atom is 0.124 e. The second-order valence-corrected chi connectivity index (χ2v) is 6.50. The maximum atomic E-state index is 13.0. The highest BCUT2D eigenvalue weighted by Crippen LogP contribution is 2.19. The molecule has 0 bridgehead atoms. The van der Waals surface area contributed by atoms with E-state index in [0.717, 1.165) is 29.7 Å². The van der Waals surface area contributed by atoms with E-state index in [4.69, 9.17) is 0 Å². The average Bonchev–Trinajstić information content (AvgIpc) is 2.20. The largest absolute Gasteiger partial charge is 0.311 e. The van der Waals surface area contributed by atoms with E-state index in [1.165, 1.54) is 12.1 Å². The highest BCUT2D eigenvalue weighted by Gasteiger charge is 2.09. The Hall–Kier alpha value is -0.450. The topological polar surface area (TPSA) is 15.3 Å². The van der Waals surface area contributed by atoms with Crippen molar-refractivity contribution >= 4 is 15.9 Å². The zero-order chi connectivity index (χ0) is 13.8. The number of halogens is 2. The minimum absolute atomic E-state index is 0.150. The van der Waals surface area contributed by atoms with Crippen LogP contribution in [0.3, 0.4) is 0 Å². The van der Waals surface area contributed by atoms with Crippen molar-refractivity contribution in [2.24, 2.45) is 0 Å². The lowest BCUT2D eigenvalue weighted by Gasteiger charge is -2.23. The normalized spacial score (nSPS) is 12.2. The Labute approximate surface area is 118 Å². The maximum absolute atomic E-state index is 13.0. The Morgan fingerprint density at radius 3 is 2.56 bits per heavy atom. The molecule has 0 aliphatic carbocycles. The smallest absolute Gasteiger partial charge is 0.124 e. The zero-order valence-electron chi connectivity index (χ0n) is 11.6. The van der Waals surface area contributed by atoms with Crippen molar-refractivity contribution in [3.05, 3.63) is 34.1 Å². The van der Waals surface area contributed by atoms with Gasteiger partial charge in [0.05, 0.1) is 0 Å². The molecule has 0 aromatic heterocycles. The van der Waals surface area contributed by atoms with E-state index in [1.807, 2.05) is 6.07 Å². The van der Waals surface area contributed by atoms with Gasteiger partial charge in [0.25, 0.3) is 0 Å². The minimum Gasteiger partial charge on any atom is -0.311 e. The Bertz CT molecular complexity index is 388. The number of nitrogens with one attached hydrogen (secondary N) is 1. The zero-order valence-corrected chi connectivity index (χ0v) is 13.1. The molecule has 18 heavy (non-hydrogen) atoms. The van der Waals surface area contributed by atoms with Gasteiger partial charge in [-0.05, 0) is 45.5 Å². The fourth-order valence-electron chi connectivity index (χ4n) is 1.64. The summed E-state index contributed by atoms with van der Waals surface area (Å²) in [6.07, 6.45) is 0. The monoisotopic (exact) mass is 316 g/mol. The van der Waals surface area contributed by atoms with Crippen molar-refractivity contribution in [3.63, 3.8) is 0 Å². The lowest BCUT2D eigenvalue weighted by molar-refractivity contribution is 0.303. The minimum atomic E-state index is -0.206. The van der Waals surface area contributed by atoms with Gasteiger partial charge in [-0.1, -0.05) is 22.0 Å². The van der Waals surface area contributed by atoms with Crippen molar-refractivity contribution < 1.29 is 4.39 Å². The van der Waals surface area contributed by atoms with Crippen molar-refractivity contribution in [3.8, 4) is 0 Å². The van der Waals surface area contributed by atoms with Gasteiger partial charge in [-0.25, -0.2) is 4.39 Å². The van der Waals surface area contributed by atoms with Gasteiger partial charge in [-0.15, -0.1) is 0 Å². The Kier molecular flexibility index (Phi) is 5.76. The van der Waals surface area contributed by atoms with E-state index in [2.05, 4.69) is 54.0 Å². The number of hydrogen-bond donors (Lipinski definition) is 1. The number of rotatable bonds is 5. The van der Waals surface area contributed by atoms with Crippen molar-refractivity contribution in [1.82, 2.24) is 10.2 Å². The van der Waals surface area contributed by atoms with Crippen molar-refractivity contribution in [1.29, 1.82) is 0 Å². The lowest BCUT2D eigenvalue weighted by Crippen LogP contribution is -2.40. The van der Waals surface area contributed by atoms with Gasteiger partial charge in [0.15, 0.2) is 0 Å². The highest BCUT2D eigenvalue weighted by molar-refractivity contribution is 9.10. The van der Waals surface area contributed by atoms with E-state index in [1.54, 1.807) is 0 Å². The molecule has 0 unspecified atom stereocenters. The number of nitrogens with zero attached hydrogens (tertiary/aromatic N) is 1. The van der Waals surface area contributed by atoms with E-state index in [-0.39, 0.29) is 11.4 Å². The molecule has 0 saturated heterocycles. The van der Waals surface area contributed by atoms with Gasteiger partial charge >= 0.3 is 0 Å². The molecule has 0 fully saturated rings. The molecular weight excluding hydrogens is 295 g/mol. The molecule has 0 heterocycles. The van der Waals surface area contributed by atoms with Gasteiger partial charge in [0, 0.05) is 29.6 Å². The fourth-order valence-corrected chi connectivity index (χ4v) is 2.12. The molecule has 0 aliphatic heterocycles.